The van der Waals surface area contributed by atoms with Crippen LogP contribution in [0, 0.1) is 11.7 Å². The van der Waals surface area contributed by atoms with Crippen molar-refractivity contribution in [1.82, 2.24) is 0 Å². The molecular weight excluding hydrogens is 263 g/mol. The van der Waals surface area contributed by atoms with Crippen LogP contribution in [0.15, 0.2) is 12.1 Å². The van der Waals surface area contributed by atoms with Gasteiger partial charge < -0.3 is 14.6 Å². The van der Waals surface area contributed by atoms with E-state index in [1.807, 2.05) is 0 Å². The summed E-state index contributed by atoms with van der Waals surface area (Å²) in [7, 11) is 0. The molecule has 0 aromatic heterocycles. The molecule has 1 fully saturated rings. The van der Waals surface area contributed by atoms with Crippen molar-refractivity contribution in [2.45, 2.75) is 31.6 Å². The van der Waals surface area contributed by atoms with Gasteiger partial charge in [0.15, 0.2) is 17.3 Å². The standard InChI is InChI=1S/C15H17FO4/c16-12-6-10(11(8-14(17)18)9-2-3-9)7-13-15(12)20-5-1-4-19-13/h6-7,9,11H,1-5,8H2,(H,17,18). The number of hydrogen-bond donors (Lipinski definition) is 1. The van der Waals surface area contributed by atoms with Gasteiger partial charge in [0.1, 0.15) is 0 Å². The van der Waals surface area contributed by atoms with Gasteiger partial charge in [-0.1, -0.05) is 0 Å². The Bertz CT molecular complexity index is 525. The van der Waals surface area contributed by atoms with Gasteiger partial charge in [-0.15, -0.1) is 0 Å². The second-order valence-electron chi connectivity index (χ2n) is 5.42. The first-order valence-corrected chi connectivity index (χ1v) is 6.96. The van der Waals surface area contributed by atoms with E-state index < -0.39 is 11.8 Å². The maximum absolute atomic E-state index is 14.1. The Hall–Kier alpha value is -1.78. The predicted molar refractivity (Wildman–Crippen MR) is 69.7 cm³/mol. The summed E-state index contributed by atoms with van der Waals surface area (Å²) in [6.45, 7) is 0.924. The van der Waals surface area contributed by atoms with E-state index >= 15 is 0 Å². The van der Waals surface area contributed by atoms with Crippen molar-refractivity contribution < 1.29 is 23.8 Å². The molecule has 1 aromatic carbocycles. The van der Waals surface area contributed by atoms with Crippen LogP contribution >= 0.6 is 0 Å². The molecule has 0 radical (unpaired) electrons. The molecule has 0 saturated heterocycles. The van der Waals surface area contributed by atoms with Crippen molar-refractivity contribution in [1.29, 1.82) is 0 Å². The zero-order chi connectivity index (χ0) is 14.1. The lowest BCUT2D eigenvalue weighted by molar-refractivity contribution is -0.137. The molecule has 1 atom stereocenters. The molecule has 1 aromatic rings. The number of ether oxygens (including phenoxy) is 2. The number of carboxylic acids is 1. The van der Waals surface area contributed by atoms with Gasteiger partial charge in [0.2, 0.25) is 0 Å². The van der Waals surface area contributed by atoms with Crippen LogP contribution in [0.4, 0.5) is 4.39 Å². The van der Waals surface area contributed by atoms with Crippen LogP contribution in [0.25, 0.3) is 0 Å². The Morgan fingerprint density at radius 1 is 1.35 bits per heavy atom. The van der Waals surface area contributed by atoms with E-state index in [1.54, 1.807) is 6.07 Å². The number of rotatable bonds is 4. The largest absolute Gasteiger partial charge is 0.489 e. The summed E-state index contributed by atoms with van der Waals surface area (Å²) in [4.78, 5) is 11.0. The Balaban J connectivity index is 1.94. The van der Waals surface area contributed by atoms with Crippen LogP contribution in [0.3, 0.4) is 0 Å². The summed E-state index contributed by atoms with van der Waals surface area (Å²) >= 11 is 0. The number of aliphatic carboxylic acids is 1. The highest BCUT2D eigenvalue weighted by Gasteiger charge is 2.35. The molecule has 20 heavy (non-hydrogen) atoms. The number of carboxylic acid groups (broad SMARTS) is 1. The van der Waals surface area contributed by atoms with Gasteiger partial charge in [-0.05, 0) is 42.4 Å². The second-order valence-corrected chi connectivity index (χ2v) is 5.42. The average Bonchev–Trinajstić information content (AvgIpc) is 3.22. The first kappa shape index (κ1) is 13.2. The number of carbonyl (C=O) groups is 1. The van der Waals surface area contributed by atoms with Gasteiger partial charge in [-0.25, -0.2) is 4.39 Å². The summed E-state index contributed by atoms with van der Waals surface area (Å²) in [5, 5.41) is 9.02. The van der Waals surface area contributed by atoms with Crippen molar-refractivity contribution >= 4 is 5.97 Å². The number of fused-ring (bicyclic) bond motifs is 1. The van der Waals surface area contributed by atoms with Crippen LogP contribution < -0.4 is 9.47 Å². The van der Waals surface area contributed by atoms with Crippen LogP contribution in [-0.4, -0.2) is 24.3 Å². The minimum atomic E-state index is -0.852. The highest BCUT2D eigenvalue weighted by atomic mass is 19.1. The summed E-state index contributed by atoms with van der Waals surface area (Å²) in [5.41, 5.74) is 0.705. The molecule has 5 heteroatoms. The minimum Gasteiger partial charge on any atom is -0.489 e. The second kappa shape index (κ2) is 5.31. The van der Waals surface area contributed by atoms with E-state index in [4.69, 9.17) is 14.6 Å². The van der Waals surface area contributed by atoms with Gasteiger partial charge >= 0.3 is 5.97 Å². The lowest BCUT2D eigenvalue weighted by atomic mass is 9.90. The molecule has 0 amide bonds. The summed E-state index contributed by atoms with van der Waals surface area (Å²) in [6.07, 6.45) is 2.76. The number of hydrogen-bond acceptors (Lipinski definition) is 3. The molecule has 1 aliphatic carbocycles. The monoisotopic (exact) mass is 280 g/mol. The molecule has 0 spiro atoms. The molecule has 1 aliphatic heterocycles. The zero-order valence-corrected chi connectivity index (χ0v) is 11.1. The Kier molecular flexibility index (Phi) is 3.51. The molecule has 1 N–H and O–H groups in total. The Morgan fingerprint density at radius 2 is 2.10 bits per heavy atom. The fourth-order valence-electron chi connectivity index (χ4n) is 2.71. The number of halogens is 1. The van der Waals surface area contributed by atoms with Gasteiger partial charge in [0.05, 0.1) is 19.6 Å². The fraction of sp³-hybridized carbons (Fsp3) is 0.533. The topological polar surface area (TPSA) is 55.8 Å². The number of benzene rings is 1. The van der Waals surface area contributed by atoms with Crippen molar-refractivity contribution in [3.05, 3.63) is 23.5 Å². The van der Waals surface area contributed by atoms with E-state index in [9.17, 15) is 9.18 Å². The third-order valence-electron chi connectivity index (χ3n) is 3.84. The van der Waals surface area contributed by atoms with Crippen molar-refractivity contribution in [3.8, 4) is 11.5 Å². The van der Waals surface area contributed by atoms with Gasteiger partial charge in [-0.2, -0.15) is 0 Å². The molecule has 4 nitrogen and oxygen atoms in total. The maximum Gasteiger partial charge on any atom is 0.303 e. The van der Waals surface area contributed by atoms with Crippen LogP contribution in [-0.2, 0) is 4.79 Å². The lowest BCUT2D eigenvalue weighted by Crippen LogP contribution is -2.09. The van der Waals surface area contributed by atoms with Crippen molar-refractivity contribution in [3.63, 3.8) is 0 Å². The molecule has 0 bridgehead atoms. The fourth-order valence-corrected chi connectivity index (χ4v) is 2.71. The molecule has 1 saturated carbocycles. The molecule has 3 rings (SSSR count). The summed E-state index contributed by atoms with van der Waals surface area (Å²) < 4.78 is 25.0. The van der Waals surface area contributed by atoms with Crippen molar-refractivity contribution in [2.24, 2.45) is 5.92 Å². The van der Waals surface area contributed by atoms with Gasteiger partial charge in [-0.3, -0.25) is 4.79 Å². The smallest absolute Gasteiger partial charge is 0.303 e. The lowest BCUT2D eigenvalue weighted by Gasteiger charge is -2.17. The molecule has 2 aliphatic rings. The van der Waals surface area contributed by atoms with Gasteiger partial charge in [0.25, 0.3) is 0 Å². The first-order chi connectivity index (χ1) is 9.65. The first-order valence-electron chi connectivity index (χ1n) is 6.96. The minimum absolute atomic E-state index is 0.0315. The average molecular weight is 280 g/mol. The molecule has 108 valence electrons. The van der Waals surface area contributed by atoms with Gasteiger partial charge in [0, 0.05) is 6.42 Å². The van der Waals surface area contributed by atoms with E-state index in [2.05, 4.69) is 0 Å². The molecule has 1 unspecified atom stereocenters. The molecule has 1 heterocycles. The molecular formula is C15H17FO4. The zero-order valence-electron chi connectivity index (χ0n) is 11.1. The van der Waals surface area contributed by atoms with Crippen LogP contribution in [0.5, 0.6) is 11.5 Å². The van der Waals surface area contributed by atoms with E-state index in [0.717, 1.165) is 12.8 Å². The van der Waals surface area contributed by atoms with Crippen LogP contribution in [0.1, 0.15) is 37.2 Å². The summed E-state index contributed by atoms with van der Waals surface area (Å²) in [6, 6.07) is 3.15. The third-order valence-corrected chi connectivity index (χ3v) is 3.84. The predicted octanol–water partition coefficient (Wildman–Crippen LogP) is 2.96. The van der Waals surface area contributed by atoms with Crippen LogP contribution in [0.2, 0.25) is 0 Å². The Morgan fingerprint density at radius 3 is 2.80 bits per heavy atom. The maximum atomic E-state index is 14.1. The highest BCUT2D eigenvalue weighted by molar-refractivity contribution is 5.68. The Labute approximate surface area is 116 Å². The highest BCUT2D eigenvalue weighted by Crippen LogP contribution is 2.46. The quantitative estimate of drug-likeness (QED) is 0.921. The van der Waals surface area contributed by atoms with E-state index in [1.165, 1.54) is 6.07 Å². The van der Waals surface area contributed by atoms with Crippen molar-refractivity contribution in [2.75, 3.05) is 13.2 Å². The third kappa shape index (κ3) is 2.71. The summed E-state index contributed by atoms with van der Waals surface area (Å²) in [5.74, 6) is -0.566. The van der Waals surface area contributed by atoms with E-state index in [-0.39, 0.29) is 18.1 Å². The SMILES string of the molecule is O=C(O)CC(c1cc(F)c2c(c1)OCCCO2)C1CC1. The normalized spacial score (nSPS) is 19.2. The van der Waals surface area contributed by atoms with E-state index in [0.29, 0.717) is 36.9 Å².